The van der Waals surface area contributed by atoms with E-state index in [1.807, 2.05) is 18.7 Å². The quantitative estimate of drug-likeness (QED) is 0.492. The second-order valence-corrected chi connectivity index (χ2v) is 7.31. The molecule has 2 aromatic carbocycles. The first-order chi connectivity index (χ1) is 14.3. The lowest BCUT2D eigenvalue weighted by Gasteiger charge is -2.13. The highest BCUT2D eigenvalue weighted by Crippen LogP contribution is 2.34. The average Bonchev–Trinajstić information content (AvgIpc) is 3.50. The third-order valence-electron chi connectivity index (χ3n) is 5.71. The standard InChI is InChI=1S/C23H19N5O/c1-29-22-10-16-12-24-11-15(16)9-21(22)28-13-27-19-3-2-14(8-20(19)28)17-4-6-25-23-18(17)5-7-26-23/h2-10,13,24H,11-12H2,1H3,(H,25,26). The number of ether oxygens (including phenoxy) is 1. The van der Waals surface area contributed by atoms with Crippen molar-refractivity contribution in [1.82, 2.24) is 24.8 Å². The van der Waals surface area contributed by atoms with Crippen LogP contribution in [-0.4, -0.2) is 26.6 Å². The fourth-order valence-corrected chi connectivity index (χ4v) is 4.25. The highest BCUT2D eigenvalue weighted by molar-refractivity contribution is 5.95. The number of benzene rings is 2. The lowest BCUT2D eigenvalue weighted by atomic mass is 10.0. The number of nitrogens with zero attached hydrogens (tertiary/aromatic N) is 3. The number of methoxy groups -OCH3 is 1. The summed E-state index contributed by atoms with van der Waals surface area (Å²) in [5, 5.41) is 4.51. The number of nitrogens with one attached hydrogen (secondary N) is 2. The molecule has 6 heteroatoms. The van der Waals surface area contributed by atoms with Crippen LogP contribution in [0, 0.1) is 0 Å². The molecule has 0 spiro atoms. The number of imidazole rings is 1. The minimum Gasteiger partial charge on any atom is -0.495 e. The zero-order valence-corrected chi connectivity index (χ0v) is 15.9. The molecule has 0 unspecified atom stereocenters. The highest BCUT2D eigenvalue weighted by Gasteiger charge is 2.18. The van der Waals surface area contributed by atoms with E-state index in [1.165, 1.54) is 11.1 Å². The minimum atomic E-state index is 0.856. The van der Waals surface area contributed by atoms with E-state index in [0.717, 1.165) is 57.7 Å². The van der Waals surface area contributed by atoms with Crippen molar-refractivity contribution in [2.45, 2.75) is 13.1 Å². The van der Waals surface area contributed by atoms with Gasteiger partial charge in [-0.05, 0) is 58.7 Å². The van der Waals surface area contributed by atoms with Crippen molar-refractivity contribution in [3.8, 4) is 22.6 Å². The van der Waals surface area contributed by atoms with Gasteiger partial charge in [0.1, 0.15) is 17.7 Å². The predicted octanol–water partition coefficient (Wildman–Crippen LogP) is 4.18. The van der Waals surface area contributed by atoms with E-state index in [-0.39, 0.29) is 0 Å². The summed E-state index contributed by atoms with van der Waals surface area (Å²) >= 11 is 0. The maximum atomic E-state index is 5.72. The third kappa shape index (κ3) is 2.46. The van der Waals surface area contributed by atoms with Crippen LogP contribution < -0.4 is 10.1 Å². The second kappa shape index (κ2) is 6.18. The Bertz CT molecular complexity index is 1380. The molecule has 0 saturated carbocycles. The predicted molar refractivity (Wildman–Crippen MR) is 113 cm³/mol. The molecule has 1 aliphatic rings. The smallest absolute Gasteiger partial charge is 0.143 e. The van der Waals surface area contributed by atoms with Crippen molar-refractivity contribution in [2.75, 3.05) is 7.11 Å². The number of H-pyrrole nitrogens is 1. The molecule has 6 nitrogen and oxygen atoms in total. The summed E-state index contributed by atoms with van der Waals surface area (Å²) in [6, 6.07) is 14.8. The van der Waals surface area contributed by atoms with Crippen LogP contribution in [-0.2, 0) is 13.1 Å². The van der Waals surface area contributed by atoms with Crippen molar-refractivity contribution in [3.63, 3.8) is 0 Å². The van der Waals surface area contributed by atoms with Gasteiger partial charge in [-0.2, -0.15) is 0 Å². The molecule has 1 aliphatic heterocycles. The molecule has 3 aromatic heterocycles. The number of rotatable bonds is 3. The van der Waals surface area contributed by atoms with Crippen LogP contribution in [0.25, 0.3) is 38.9 Å². The molecule has 0 saturated heterocycles. The summed E-state index contributed by atoms with van der Waals surface area (Å²) in [6.45, 7) is 1.77. The lowest BCUT2D eigenvalue weighted by Crippen LogP contribution is -2.00. The Kier molecular flexibility index (Phi) is 3.48. The summed E-state index contributed by atoms with van der Waals surface area (Å²) in [6.07, 6.45) is 5.64. The number of aromatic nitrogens is 4. The molecule has 0 fully saturated rings. The van der Waals surface area contributed by atoms with Crippen LogP contribution in [0.5, 0.6) is 5.75 Å². The van der Waals surface area contributed by atoms with E-state index in [9.17, 15) is 0 Å². The maximum Gasteiger partial charge on any atom is 0.143 e. The van der Waals surface area contributed by atoms with Crippen molar-refractivity contribution in [2.24, 2.45) is 0 Å². The van der Waals surface area contributed by atoms with Gasteiger partial charge in [0.2, 0.25) is 0 Å². The molecule has 0 radical (unpaired) electrons. The topological polar surface area (TPSA) is 67.8 Å². The molecule has 29 heavy (non-hydrogen) atoms. The molecule has 0 aliphatic carbocycles. The van der Waals surface area contributed by atoms with Gasteiger partial charge >= 0.3 is 0 Å². The molecular formula is C23H19N5O. The molecule has 0 atom stereocenters. The van der Waals surface area contributed by atoms with Crippen LogP contribution in [0.2, 0.25) is 0 Å². The van der Waals surface area contributed by atoms with Crippen molar-refractivity contribution < 1.29 is 4.74 Å². The van der Waals surface area contributed by atoms with Gasteiger partial charge in [0.05, 0.1) is 23.8 Å². The third-order valence-corrected chi connectivity index (χ3v) is 5.71. The maximum absolute atomic E-state index is 5.72. The first kappa shape index (κ1) is 16.3. The van der Waals surface area contributed by atoms with Crippen LogP contribution in [0.3, 0.4) is 0 Å². The van der Waals surface area contributed by atoms with E-state index in [4.69, 9.17) is 4.74 Å². The minimum absolute atomic E-state index is 0.856. The van der Waals surface area contributed by atoms with Crippen LogP contribution in [0.15, 0.2) is 61.2 Å². The molecule has 6 rings (SSSR count). The van der Waals surface area contributed by atoms with E-state index >= 15 is 0 Å². The van der Waals surface area contributed by atoms with E-state index in [2.05, 4.69) is 67.3 Å². The largest absolute Gasteiger partial charge is 0.495 e. The van der Waals surface area contributed by atoms with Crippen molar-refractivity contribution in [3.05, 3.63) is 72.3 Å². The van der Waals surface area contributed by atoms with Gasteiger partial charge in [0.15, 0.2) is 0 Å². The van der Waals surface area contributed by atoms with Crippen molar-refractivity contribution in [1.29, 1.82) is 0 Å². The summed E-state index contributed by atoms with van der Waals surface area (Å²) in [5.41, 5.74) is 8.79. The second-order valence-electron chi connectivity index (χ2n) is 7.31. The first-order valence-corrected chi connectivity index (χ1v) is 9.62. The molecule has 4 heterocycles. The number of hydrogen-bond donors (Lipinski definition) is 2. The van der Waals surface area contributed by atoms with Gasteiger partial charge < -0.3 is 15.0 Å². The van der Waals surface area contributed by atoms with Gasteiger partial charge in [-0.25, -0.2) is 9.97 Å². The zero-order chi connectivity index (χ0) is 19.4. The zero-order valence-electron chi connectivity index (χ0n) is 15.9. The fraction of sp³-hybridized carbons (Fsp3) is 0.130. The molecular weight excluding hydrogens is 362 g/mol. The summed E-state index contributed by atoms with van der Waals surface area (Å²) in [7, 11) is 1.72. The Labute approximate surface area is 167 Å². The Morgan fingerprint density at radius 3 is 2.79 bits per heavy atom. The molecule has 5 aromatic rings. The van der Waals surface area contributed by atoms with Crippen LogP contribution in [0.4, 0.5) is 0 Å². The van der Waals surface area contributed by atoms with Crippen molar-refractivity contribution >= 4 is 22.1 Å². The molecule has 0 amide bonds. The van der Waals surface area contributed by atoms with E-state index in [0.29, 0.717) is 0 Å². The Morgan fingerprint density at radius 1 is 1.00 bits per heavy atom. The summed E-state index contributed by atoms with van der Waals surface area (Å²) < 4.78 is 7.83. The van der Waals surface area contributed by atoms with Crippen LogP contribution >= 0.6 is 0 Å². The van der Waals surface area contributed by atoms with E-state index in [1.54, 1.807) is 7.11 Å². The average molecular weight is 381 g/mol. The van der Waals surface area contributed by atoms with Gasteiger partial charge in [-0.3, -0.25) is 4.57 Å². The number of fused-ring (bicyclic) bond motifs is 3. The number of pyridine rings is 1. The normalized spacial score (nSPS) is 13.3. The Hall–Kier alpha value is -3.64. The van der Waals surface area contributed by atoms with E-state index < -0.39 is 0 Å². The molecule has 142 valence electrons. The fourth-order valence-electron chi connectivity index (χ4n) is 4.25. The number of aromatic amines is 1. The summed E-state index contributed by atoms with van der Waals surface area (Å²) in [4.78, 5) is 12.2. The van der Waals surface area contributed by atoms with Gasteiger partial charge in [0.25, 0.3) is 0 Å². The van der Waals surface area contributed by atoms with Crippen LogP contribution in [0.1, 0.15) is 11.1 Å². The Balaban J connectivity index is 1.57. The van der Waals surface area contributed by atoms with Gasteiger partial charge in [0, 0.05) is 30.9 Å². The van der Waals surface area contributed by atoms with Gasteiger partial charge in [-0.15, -0.1) is 0 Å². The molecule has 0 bridgehead atoms. The Morgan fingerprint density at radius 2 is 1.90 bits per heavy atom. The molecule has 2 N–H and O–H groups in total. The first-order valence-electron chi connectivity index (χ1n) is 9.62. The van der Waals surface area contributed by atoms with Gasteiger partial charge in [-0.1, -0.05) is 6.07 Å². The highest BCUT2D eigenvalue weighted by atomic mass is 16.5. The summed E-state index contributed by atoms with van der Waals surface area (Å²) in [5.74, 6) is 0.856. The lowest BCUT2D eigenvalue weighted by molar-refractivity contribution is 0.412. The number of hydrogen-bond acceptors (Lipinski definition) is 4. The monoisotopic (exact) mass is 381 g/mol. The SMILES string of the molecule is COc1cc2c(cc1-n1cnc3ccc(-c4ccnc5[nH]ccc45)cc31)CNC2.